The van der Waals surface area contributed by atoms with E-state index < -0.39 is 27.5 Å². The Kier molecular flexibility index (Phi) is 8.26. The van der Waals surface area contributed by atoms with Crippen LogP contribution in [0, 0.1) is 0 Å². The maximum atomic E-state index is 13.4. The molecule has 9 heteroatoms. The molecule has 0 radical (unpaired) electrons. The third-order valence-corrected chi connectivity index (χ3v) is 8.27. The first-order chi connectivity index (χ1) is 18.2. The number of imidazole rings is 1. The van der Waals surface area contributed by atoms with Gasteiger partial charge in [0.05, 0.1) is 11.9 Å². The van der Waals surface area contributed by atoms with Crippen LogP contribution in [0.4, 0.5) is 5.69 Å². The molecule has 2 atom stereocenters. The molecular weight excluding hydrogens is 502 g/mol. The number of nitrogens with zero attached hydrogens (tertiary/aromatic N) is 2. The normalized spacial score (nSPS) is 18.8. The standard InChI is InChI=1S/C29H35N3O5S/c1-4-15-29(16-14-21-10-7-6-8-11-21)18-25(33)27(28(34)37-29)24(5-2)22-12-9-13-23(17-22)31-38(35,36)26-19-32(3)20-30-26/h6-13,17,19-20,24,31,33H,4-5,14-16,18H2,1-3H3/t24?,29-/m0/s1. The summed E-state index contributed by atoms with van der Waals surface area (Å²) in [6, 6.07) is 16.9. The fourth-order valence-corrected chi connectivity index (χ4v) is 6.22. The van der Waals surface area contributed by atoms with Crippen LogP contribution in [0.15, 0.2) is 83.5 Å². The molecule has 38 heavy (non-hydrogen) atoms. The number of nitrogens with one attached hydrogen (secondary N) is 1. The first-order valence-electron chi connectivity index (χ1n) is 13.0. The van der Waals surface area contributed by atoms with Gasteiger partial charge in [-0.25, -0.2) is 9.78 Å². The Balaban J connectivity index is 1.58. The van der Waals surface area contributed by atoms with Crippen LogP contribution in [-0.4, -0.2) is 34.6 Å². The molecule has 3 aromatic rings. The highest BCUT2D eigenvalue weighted by molar-refractivity contribution is 7.92. The van der Waals surface area contributed by atoms with Crippen molar-refractivity contribution in [1.29, 1.82) is 0 Å². The molecule has 0 spiro atoms. The average Bonchev–Trinajstić information content (AvgIpc) is 3.33. The van der Waals surface area contributed by atoms with Crippen LogP contribution in [-0.2, 0) is 33.0 Å². The lowest BCUT2D eigenvalue weighted by Gasteiger charge is -2.38. The van der Waals surface area contributed by atoms with E-state index in [1.54, 1.807) is 29.8 Å². The SMILES string of the molecule is CCC[C@]1(CCc2ccccc2)CC(O)=C(C(CC)c2cccc(NS(=O)(=O)c3cn(C)cn3)c2)C(=O)O1. The fraction of sp³-hybridized carbons (Fsp3) is 0.379. The second-order valence-corrected chi connectivity index (χ2v) is 11.5. The van der Waals surface area contributed by atoms with Crippen LogP contribution in [0.25, 0.3) is 0 Å². The van der Waals surface area contributed by atoms with Crippen molar-refractivity contribution >= 4 is 21.7 Å². The number of ether oxygens (including phenoxy) is 1. The monoisotopic (exact) mass is 537 g/mol. The number of aromatic nitrogens is 2. The lowest BCUT2D eigenvalue weighted by Crippen LogP contribution is -2.41. The van der Waals surface area contributed by atoms with Gasteiger partial charge in [-0.1, -0.05) is 62.7 Å². The van der Waals surface area contributed by atoms with E-state index in [0.29, 0.717) is 30.5 Å². The Hall–Kier alpha value is -3.59. The van der Waals surface area contributed by atoms with E-state index in [2.05, 4.69) is 9.71 Å². The zero-order valence-corrected chi connectivity index (χ0v) is 22.9. The molecule has 1 aliphatic heterocycles. The summed E-state index contributed by atoms with van der Waals surface area (Å²) in [5, 5.41) is 11.1. The minimum Gasteiger partial charge on any atom is -0.512 e. The molecule has 8 nitrogen and oxygen atoms in total. The molecule has 1 unspecified atom stereocenters. The van der Waals surface area contributed by atoms with Gasteiger partial charge in [0.25, 0.3) is 10.0 Å². The van der Waals surface area contributed by atoms with Crippen LogP contribution in [0.5, 0.6) is 0 Å². The molecule has 202 valence electrons. The molecular formula is C29H35N3O5S. The quantitative estimate of drug-likeness (QED) is 0.306. The number of benzene rings is 2. The summed E-state index contributed by atoms with van der Waals surface area (Å²) in [7, 11) is -2.18. The topological polar surface area (TPSA) is 111 Å². The van der Waals surface area contributed by atoms with Gasteiger partial charge in [0, 0.05) is 31.3 Å². The van der Waals surface area contributed by atoms with Crippen molar-refractivity contribution in [2.45, 2.75) is 68.9 Å². The van der Waals surface area contributed by atoms with Crippen molar-refractivity contribution in [2.24, 2.45) is 7.05 Å². The highest BCUT2D eigenvalue weighted by Gasteiger charge is 2.43. The molecule has 0 saturated carbocycles. The number of rotatable bonds is 11. The fourth-order valence-electron chi connectivity index (χ4n) is 5.19. The number of carbonyl (C=O) groups excluding carboxylic acids is 1. The lowest BCUT2D eigenvalue weighted by atomic mass is 9.80. The predicted molar refractivity (Wildman–Crippen MR) is 146 cm³/mol. The molecule has 1 aliphatic rings. The maximum absolute atomic E-state index is 13.4. The highest BCUT2D eigenvalue weighted by Crippen LogP contribution is 2.42. The van der Waals surface area contributed by atoms with E-state index >= 15 is 0 Å². The average molecular weight is 538 g/mol. The summed E-state index contributed by atoms with van der Waals surface area (Å²) in [6.45, 7) is 3.97. The number of esters is 1. The van der Waals surface area contributed by atoms with Crippen molar-refractivity contribution in [1.82, 2.24) is 9.55 Å². The van der Waals surface area contributed by atoms with Crippen LogP contribution in [0.1, 0.15) is 63.0 Å². The van der Waals surface area contributed by atoms with Crippen molar-refractivity contribution in [2.75, 3.05) is 4.72 Å². The molecule has 2 aromatic carbocycles. The summed E-state index contributed by atoms with van der Waals surface area (Å²) in [5.41, 5.74) is 1.69. The number of carbonyl (C=O) groups is 1. The van der Waals surface area contributed by atoms with Gasteiger partial charge < -0.3 is 14.4 Å². The van der Waals surface area contributed by atoms with Crippen LogP contribution >= 0.6 is 0 Å². The first kappa shape index (κ1) is 27.4. The Morgan fingerprint density at radius 1 is 1.13 bits per heavy atom. The minimum absolute atomic E-state index is 0.0501. The molecule has 4 rings (SSSR count). The minimum atomic E-state index is -3.87. The van der Waals surface area contributed by atoms with Crippen LogP contribution in [0.3, 0.4) is 0 Å². The molecule has 2 heterocycles. The second kappa shape index (κ2) is 11.4. The number of sulfonamides is 1. The Bertz CT molecular complexity index is 1410. The summed E-state index contributed by atoms with van der Waals surface area (Å²) >= 11 is 0. The smallest absolute Gasteiger partial charge is 0.338 e. The lowest BCUT2D eigenvalue weighted by molar-refractivity contribution is -0.161. The van der Waals surface area contributed by atoms with E-state index in [9.17, 15) is 18.3 Å². The van der Waals surface area contributed by atoms with Gasteiger partial charge in [-0.15, -0.1) is 0 Å². The molecule has 2 N–H and O–H groups in total. The van der Waals surface area contributed by atoms with E-state index in [1.165, 1.54) is 12.5 Å². The molecule has 1 aromatic heterocycles. The Labute approximate surface area is 224 Å². The predicted octanol–water partition coefficient (Wildman–Crippen LogP) is 5.65. The zero-order chi connectivity index (χ0) is 27.3. The van der Waals surface area contributed by atoms with Crippen molar-refractivity contribution in [3.63, 3.8) is 0 Å². The number of aliphatic hydroxyl groups excluding tert-OH is 1. The second-order valence-electron chi connectivity index (χ2n) is 9.91. The van der Waals surface area contributed by atoms with Gasteiger partial charge in [-0.2, -0.15) is 8.42 Å². The third kappa shape index (κ3) is 6.10. The van der Waals surface area contributed by atoms with Gasteiger partial charge in [0.15, 0.2) is 5.03 Å². The van der Waals surface area contributed by atoms with E-state index in [1.807, 2.05) is 50.2 Å². The Morgan fingerprint density at radius 2 is 1.89 bits per heavy atom. The molecule has 0 amide bonds. The molecule has 0 saturated heterocycles. The van der Waals surface area contributed by atoms with Gasteiger partial charge in [0.1, 0.15) is 11.4 Å². The number of hydrogen-bond donors (Lipinski definition) is 2. The number of aryl methyl sites for hydroxylation is 2. The van der Waals surface area contributed by atoms with Crippen molar-refractivity contribution < 1.29 is 23.1 Å². The van der Waals surface area contributed by atoms with Gasteiger partial charge in [-0.3, -0.25) is 4.72 Å². The number of aliphatic hydroxyl groups is 1. The molecule has 0 fully saturated rings. The number of hydrogen-bond acceptors (Lipinski definition) is 6. The molecule has 0 bridgehead atoms. The molecule has 0 aliphatic carbocycles. The van der Waals surface area contributed by atoms with E-state index in [-0.39, 0.29) is 22.8 Å². The summed E-state index contributed by atoms with van der Waals surface area (Å²) in [4.78, 5) is 17.3. The van der Waals surface area contributed by atoms with Crippen molar-refractivity contribution in [3.8, 4) is 0 Å². The maximum Gasteiger partial charge on any atom is 0.338 e. The number of anilines is 1. The van der Waals surface area contributed by atoms with Gasteiger partial charge >= 0.3 is 5.97 Å². The van der Waals surface area contributed by atoms with Gasteiger partial charge in [0.2, 0.25) is 0 Å². The number of cyclic esters (lactones) is 1. The van der Waals surface area contributed by atoms with Crippen LogP contribution < -0.4 is 4.72 Å². The zero-order valence-electron chi connectivity index (χ0n) is 22.1. The van der Waals surface area contributed by atoms with Crippen LogP contribution in [0.2, 0.25) is 0 Å². The van der Waals surface area contributed by atoms with E-state index in [0.717, 1.165) is 18.4 Å². The Morgan fingerprint density at radius 3 is 2.53 bits per heavy atom. The summed E-state index contributed by atoms with van der Waals surface area (Å²) in [6.07, 6.45) is 6.46. The highest BCUT2D eigenvalue weighted by atomic mass is 32.2. The largest absolute Gasteiger partial charge is 0.512 e. The van der Waals surface area contributed by atoms with Gasteiger partial charge in [-0.05, 0) is 48.9 Å². The van der Waals surface area contributed by atoms with Crippen molar-refractivity contribution in [3.05, 3.63) is 89.6 Å². The summed E-state index contributed by atoms with van der Waals surface area (Å²) in [5.74, 6) is -0.911. The third-order valence-electron chi connectivity index (χ3n) is 7.00. The first-order valence-corrected chi connectivity index (χ1v) is 14.4. The summed E-state index contributed by atoms with van der Waals surface area (Å²) < 4.78 is 35.7. The van der Waals surface area contributed by atoms with E-state index in [4.69, 9.17) is 4.74 Å².